The van der Waals surface area contributed by atoms with Gasteiger partial charge < -0.3 is 4.74 Å². The molecule has 9 heavy (non-hydrogen) atoms. The highest BCUT2D eigenvalue weighted by molar-refractivity contribution is 5.11. The highest BCUT2D eigenvalue weighted by Gasteiger charge is 1.93. The van der Waals surface area contributed by atoms with Crippen molar-refractivity contribution in [3.63, 3.8) is 0 Å². The van der Waals surface area contributed by atoms with Crippen LogP contribution in [0.5, 0.6) is 5.88 Å². The van der Waals surface area contributed by atoms with Crippen molar-refractivity contribution in [1.82, 2.24) is 10.2 Å². The van der Waals surface area contributed by atoms with Crippen molar-refractivity contribution in [2.75, 3.05) is 6.61 Å². The number of ether oxygens (including phenoxy) is 1. The van der Waals surface area contributed by atoms with E-state index in [1.165, 1.54) is 0 Å². The molecule has 0 amide bonds. The van der Waals surface area contributed by atoms with Crippen molar-refractivity contribution in [2.24, 2.45) is 0 Å². The van der Waals surface area contributed by atoms with E-state index in [4.69, 9.17) is 4.74 Å². The Labute approximate surface area is 54.0 Å². The molecule has 0 spiro atoms. The van der Waals surface area contributed by atoms with Gasteiger partial charge in [-0.25, -0.2) is 5.10 Å². The summed E-state index contributed by atoms with van der Waals surface area (Å²) in [5.74, 6) is 0.745. The first kappa shape index (κ1) is 6.13. The predicted octanol–water partition coefficient (Wildman–Crippen LogP) is 1.12. The molecule has 0 radical (unpaired) electrons. The van der Waals surface area contributed by atoms with Crippen LogP contribution in [0.1, 0.15) is 12.6 Å². The van der Waals surface area contributed by atoms with E-state index in [1.807, 2.05) is 19.9 Å². The average Bonchev–Trinajstić information content (AvgIpc) is 2.17. The molecular weight excluding hydrogens is 116 g/mol. The molecule has 0 aliphatic carbocycles. The third-order valence-corrected chi connectivity index (χ3v) is 0.982. The number of aromatic nitrogens is 2. The van der Waals surface area contributed by atoms with Gasteiger partial charge in [0.1, 0.15) is 0 Å². The SMILES string of the molecule is CCOc1cc(C)n[nH]1. The lowest BCUT2D eigenvalue weighted by Gasteiger charge is -1.93. The van der Waals surface area contributed by atoms with E-state index in [0.717, 1.165) is 11.6 Å². The van der Waals surface area contributed by atoms with Gasteiger partial charge in [0.15, 0.2) is 0 Å². The first-order valence-corrected chi connectivity index (χ1v) is 2.97. The number of aromatic amines is 1. The molecule has 1 rings (SSSR count). The fraction of sp³-hybridized carbons (Fsp3) is 0.500. The molecule has 0 aliphatic heterocycles. The molecule has 0 atom stereocenters. The number of nitrogens with one attached hydrogen (secondary N) is 1. The van der Waals surface area contributed by atoms with Crippen LogP contribution < -0.4 is 4.74 Å². The van der Waals surface area contributed by atoms with Gasteiger partial charge in [-0.05, 0) is 13.8 Å². The Hall–Kier alpha value is -0.990. The van der Waals surface area contributed by atoms with Crippen molar-refractivity contribution < 1.29 is 4.74 Å². The molecule has 1 heterocycles. The van der Waals surface area contributed by atoms with Gasteiger partial charge in [-0.3, -0.25) is 0 Å². The van der Waals surface area contributed by atoms with Gasteiger partial charge in [0.2, 0.25) is 5.88 Å². The molecule has 1 aromatic heterocycles. The molecule has 0 aromatic carbocycles. The summed E-state index contributed by atoms with van der Waals surface area (Å²) in [5, 5.41) is 6.62. The molecule has 0 fully saturated rings. The lowest BCUT2D eigenvalue weighted by atomic mass is 10.5. The minimum Gasteiger partial charge on any atom is -0.478 e. The van der Waals surface area contributed by atoms with Gasteiger partial charge in [-0.1, -0.05) is 0 Å². The van der Waals surface area contributed by atoms with E-state index >= 15 is 0 Å². The summed E-state index contributed by atoms with van der Waals surface area (Å²) >= 11 is 0. The Bertz CT molecular complexity index is 183. The summed E-state index contributed by atoms with van der Waals surface area (Å²) < 4.78 is 5.11. The van der Waals surface area contributed by atoms with E-state index in [0.29, 0.717) is 6.61 Å². The maximum atomic E-state index is 5.11. The average molecular weight is 126 g/mol. The zero-order valence-corrected chi connectivity index (χ0v) is 5.64. The smallest absolute Gasteiger partial charge is 0.209 e. The Kier molecular flexibility index (Phi) is 1.72. The Morgan fingerprint density at radius 2 is 2.56 bits per heavy atom. The van der Waals surface area contributed by atoms with Crippen molar-refractivity contribution in [3.8, 4) is 5.88 Å². The van der Waals surface area contributed by atoms with Gasteiger partial charge in [-0.15, -0.1) is 0 Å². The maximum Gasteiger partial charge on any atom is 0.209 e. The Morgan fingerprint density at radius 1 is 1.78 bits per heavy atom. The Balaban J connectivity index is 2.61. The van der Waals surface area contributed by atoms with Crippen LogP contribution in [0.3, 0.4) is 0 Å². The van der Waals surface area contributed by atoms with Crippen LogP contribution in [0.4, 0.5) is 0 Å². The van der Waals surface area contributed by atoms with Gasteiger partial charge >= 0.3 is 0 Å². The molecule has 1 N–H and O–H groups in total. The van der Waals surface area contributed by atoms with Crippen LogP contribution in [0.15, 0.2) is 6.07 Å². The summed E-state index contributed by atoms with van der Waals surface area (Å²) in [4.78, 5) is 0. The molecule has 50 valence electrons. The number of hydrogen-bond acceptors (Lipinski definition) is 2. The minimum absolute atomic E-state index is 0.682. The number of rotatable bonds is 2. The second-order valence-electron chi connectivity index (χ2n) is 1.81. The highest BCUT2D eigenvalue weighted by atomic mass is 16.5. The highest BCUT2D eigenvalue weighted by Crippen LogP contribution is 2.05. The van der Waals surface area contributed by atoms with Gasteiger partial charge in [-0.2, -0.15) is 5.10 Å². The van der Waals surface area contributed by atoms with E-state index in [2.05, 4.69) is 10.2 Å². The zero-order chi connectivity index (χ0) is 6.69. The second kappa shape index (κ2) is 2.53. The molecule has 0 bridgehead atoms. The topological polar surface area (TPSA) is 37.9 Å². The number of hydrogen-bond donors (Lipinski definition) is 1. The lowest BCUT2D eigenvalue weighted by Crippen LogP contribution is -1.90. The molecule has 0 saturated heterocycles. The van der Waals surface area contributed by atoms with E-state index in [-0.39, 0.29) is 0 Å². The summed E-state index contributed by atoms with van der Waals surface area (Å²) in [7, 11) is 0. The van der Waals surface area contributed by atoms with Gasteiger partial charge in [0.05, 0.1) is 12.3 Å². The summed E-state index contributed by atoms with van der Waals surface area (Å²) in [6.07, 6.45) is 0. The van der Waals surface area contributed by atoms with Crippen molar-refractivity contribution in [2.45, 2.75) is 13.8 Å². The van der Waals surface area contributed by atoms with E-state index < -0.39 is 0 Å². The summed E-state index contributed by atoms with van der Waals surface area (Å²) in [6.45, 7) is 4.54. The number of H-pyrrole nitrogens is 1. The molecule has 3 nitrogen and oxygen atoms in total. The zero-order valence-electron chi connectivity index (χ0n) is 5.64. The van der Waals surface area contributed by atoms with Crippen LogP contribution in [0.25, 0.3) is 0 Å². The molecule has 1 aromatic rings. The summed E-state index contributed by atoms with van der Waals surface area (Å²) in [5.41, 5.74) is 0.957. The molecule has 3 heteroatoms. The van der Waals surface area contributed by atoms with E-state index in [1.54, 1.807) is 0 Å². The molecule has 0 aliphatic rings. The number of nitrogens with zero attached hydrogens (tertiary/aromatic N) is 1. The standard InChI is InChI=1S/C6H10N2O/c1-3-9-6-4-5(2)7-8-6/h4H,3H2,1-2H3,(H,7,8). The summed E-state index contributed by atoms with van der Waals surface area (Å²) in [6, 6.07) is 1.86. The van der Waals surface area contributed by atoms with Crippen molar-refractivity contribution in [1.29, 1.82) is 0 Å². The maximum absolute atomic E-state index is 5.11. The van der Waals surface area contributed by atoms with Gasteiger partial charge in [0, 0.05) is 6.07 Å². The quantitative estimate of drug-likeness (QED) is 0.644. The van der Waals surface area contributed by atoms with Gasteiger partial charge in [0.25, 0.3) is 0 Å². The van der Waals surface area contributed by atoms with Crippen LogP contribution in [-0.4, -0.2) is 16.8 Å². The fourth-order valence-corrected chi connectivity index (χ4v) is 0.627. The molecular formula is C6H10N2O. The normalized spacial score (nSPS) is 9.56. The molecule has 0 saturated carbocycles. The lowest BCUT2D eigenvalue weighted by molar-refractivity contribution is 0.326. The third-order valence-electron chi connectivity index (χ3n) is 0.982. The van der Waals surface area contributed by atoms with Crippen molar-refractivity contribution >= 4 is 0 Å². The van der Waals surface area contributed by atoms with Crippen molar-refractivity contribution in [3.05, 3.63) is 11.8 Å². The first-order chi connectivity index (χ1) is 4.33. The van der Waals surface area contributed by atoms with Crippen LogP contribution in [0.2, 0.25) is 0 Å². The fourth-order valence-electron chi connectivity index (χ4n) is 0.627. The Morgan fingerprint density at radius 3 is 3.00 bits per heavy atom. The number of aryl methyl sites for hydroxylation is 1. The van der Waals surface area contributed by atoms with Crippen LogP contribution in [-0.2, 0) is 0 Å². The van der Waals surface area contributed by atoms with Crippen LogP contribution >= 0.6 is 0 Å². The first-order valence-electron chi connectivity index (χ1n) is 2.97. The molecule has 0 unspecified atom stereocenters. The monoisotopic (exact) mass is 126 g/mol. The van der Waals surface area contributed by atoms with E-state index in [9.17, 15) is 0 Å². The third kappa shape index (κ3) is 1.45. The minimum atomic E-state index is 0.682. The second-order valence-corrected chi connectivity index (χ2v) is 1.81. The largest absolute Gasteiger partial charge is 0.478 e. The predicted molar refractivity (Wildman–Crippen MR) is 34.5 cm³/mol. The van der Waals surface area contributed by atoms with Crippen LogP contribution in [0, 0.1) is 6.92 Å².